The summed E-state index contributed by atoms with van der Waals surface area (Å²) in [6, 6.07) is 10.5. The van der Waals surface area contributed by atoms with Gasteiger partial charge in [-0.15, -0.1) is 0 Å². The molecule has 3 fully saturated rings. The van der Waals surface area contributed by atoms with Crippen LogP contribution in [-0.2, 0) is 50.6 Å². The third kappa shape index (κ3) is 4.98. The Morgan fingerprint density at radius 2 is 1.70 bits per heavy atom. The number of amides is 1. The van der Waals surface area contributed by atoms with Crippen molar-refractivity contribution in [1.82, 2.24) is 14.8 Å². The van der Waals surface area contributed by atoms with Crippen molar-refractivity contribution in [2.75, 3.05) is 59.5 Å². The van der Waals surface area contributed by atoms with Gasteiger partial charge >= 0.3 is 17.9 Å². The summed E-state index contributed by atoms with van der Waals surface area (Å²) in [5.41, 5.74) is -3.09. The van der Waals surface area contributed by atoms with Crippen LogP contribution >= 0.6 is 0 Å². The lowest BCUT2D eigenvalue weighted by molar-refractivity contribution is -0.228. The van der Waals surface area contributed by atoms with E-state index in [0.29, 0.717) is 68.1 Å². The molecule has 6 aliphatic rings. The summed E-state index contributed by atoms with van der Waals surface area (Å²) in [7, 11) is 6.01. The normalized spacial score (nSPS) is 35.4. The zero-order chi connectivity index (χ0) is 42.7. The predicted octanol–water partition coefficient (Wildman–Crippen LogP) is 3.52. The molecule has 14 nitrogen and oxygen atoms in total. The first-order valence-corrected chi connectivity index (χ1v) is 21.2. The number of piperidine rings is 1. The lowest BCUT2D eigenvalue weighted by Gasteiger charge is -2.63. The van der Waals surface area contributed by atoms with Crippen LogP contribution in [0.5, 0.6) is 5.75 Å². The molecule has 6 heterocycles. The average Bonchev–Trinajstić information content (AvgIpc) is 3.91. The van der Waals surface area contributed by atoms with Crippen molar-refractivity contribution in [2.24, 2.45) is 11.3 Å². The first-order valence-electron chi connectivity index (χ1n) is 21.2. The molecule has 5 aliphatic heterocycles. The number of carbonyl (C=O) groups excluding carboxylic acids is 4. The molecular formula is C46H56N4O10. The molecule has 60 heavy (non-hydrogen) atoms. The molecule has 1 spiro atoms. The van der Waals surface area contributed by atoms with Gasteiger partial charge in [-0.1, -0.05) is 44.2 Å². The van der Waals surface area contributed by atoms with Crippen LogP contribution in [0, 0.1) is 11.3 Å². The number of methoxy groups -OCH3 is 3. The van der Waals surface area contributed by atoms with E-state index in [2.05, 4.69) is 9.88 Å². The van der Waals surface area contributed by atoms with E-state index in [9.17, 15) is 24.6 Å². The molecule has 2 aromatic carbocycles. The number of rotatable bonds is 7. The van der Waals surface area contributed by atoms with Crippen molar-refractivity contribution >= 4 is 40.4 Å². The summed E-state index contributed by atoms with van der Waals surface area (Å²) in [5, 5.41) is 26.1. The lowest BCUT2D eigenvalue weighted by atomic mass is 9.47. The van der Waals surface area contributed by atoms with Crippen LogP contribution in [0.15, 0.2) is 48.6 Å². The van der Waals surface area contributed by atoms with Crippen molar-refractivity contribution < 1.29 is 48.3 Å². The maximum absolute atomic E-state index is 15.3. The Kier molecular flexibility index (Phi) is 9.31. The number of anilines is 1. The van der Waals surface area contributed by atoms with E-state index in [4.69, 9.17) is 18.9 Å². The Hall–Kier alpha value is -4.92. The van der Waals surface area contributed by atoms with Gasteiger partial charge in [-0.25, -0.2) is 4.79 Å². The Labute approximate surface area is 349 Å². The summed E-state index contributed by atoms with van der Waals surface area (Å²) < 4.78 is 23.8. The number of aromatic amines is 1. The topological polar surface area (TPSA) is 171 Å². The minimum absolute atomic E-state index is 0.154. The lowest BCUT2D eigenvalue weighted by Crippen LogP contribution is -2.81. The van der Waals surface area contributed by atoms with Crippen molar-refractivity contribution in [3.63, 3.8) is 0 Å². The number of nitrogens with one attached hydrogen (secondary N) is 1. The summed E-state index contributed by atoms with van der Waals surface area (Å²) in [6.45, 7) is 7.03. The van der Waals surface area contributed by atoms with Gasteiger partial charge in [0, 0.05) is 84.4 Å². The Morgan fingerprint density at radius 3 is 2.38 bits per heavy atom. The number of esters is 3. The van der Waals surface area contributed by atoms with Gasteiger partial charge in [-0.3, -0.25) is 19.3 Å². The van der Waals surface area contributed by atoms with Crippen LogP contribution < -0.4 is 9.64 Å². The second-order valence-electron chi connectivity index (χ2n) is 18.0. The van der Waals surface area contributed by atoms with Crippen LogP contribution in [0.4, 0.5) is 5.69 Å². The van der Waals surface area contributed by atoms with Crippen LogP contribution in [0.1, 0.15) is 75.3 Å². The molecule has 2 saturated heterocycles. The standard InChI is InChI=1S/C46H56N4O10/c1-8-42-16-12-18-49-20-17-44(36(42)49)30-21-31(34(57-5)22-33(30)48(4)37(44)46(56,41(54)59-7)38(42)60-26(3)51)45(40(53)58-6)24-27-23-43(55,9-2)39(52)50(25-27)19-15-29-28-13-10-11-14-32(28)47-35(29)45/h10-14,16,21-22,27,36-38,47,55-56H,8-9,15,17-20,23-25H2,1-7H3/t27-,36-,37+,38+,42+,43-,44+,45-,46-/m0/s1. The first kappa shape index (κ1) is 40.5. The number of benzene rings is 2. The van der Waals surface area contributed by atoms with E-state index >= 15 is 4.79 Å². The van der Waals surface area contributed by atoms with E-state index in [1.165, 1.54) is 21.1 Å². The summed E-state index contributed by atoms with van der Waals surface area (Å²) in [5.74, 6) is -2.31. The molecule has 1 saturated carbocycles. The first-order chi connectivity index (χ1) is 28.7. The molecule has 0 unspecified atom stereocenters. The zero-order valence-corrected chi connectivity index (χ0v) is 35.5. The molecule has 2 bridgehead atoms. The van der Waals surface area contributed by atoms with Gasteiger partial charge in [0.2, 0.25) is 5.60 Å². The third-order valence-electron chi connectivity index (χ3n) is 15.6. The number of hydrogen-bond donors (Lipinski definition) is 3. The Bertz CT molecular complexity index is 2340. The minimum atomic E-state index is -2.34. The van der Waals surface area contributed by atoms with E-state index in [1.54, 1.807) is 12.0 Å². The van der Waals surface area contributed by atoms with Gasteiger partial charge in [-0.05, 0) is 74.2 Å². The molecule has 9 atom stereocenters. The number of nitrogens with zero attached hydrogens (tertiary/aromatic N) is 3. The predicted molar refractivity (Wildman–Crippen MR) is 221 cm³/mol. The number of fused-ring (bicyclic) bond motifs is 6. The molecule has 3 aromatic rings. The minimum Gasteiger partial charge on any atom is -0.496 e. The van der Waals surface area contributed by atoms with Gasteiger partial charge < -0.3 is 43.9 Å². The maximum Gasteiger partial charge on any atom is 0.344 e. The number of likely N-dealkylation sites (N-methyl/N-ethyl adjacent to an activating group) is 1. The summed E-state index contributed by atoms with van der Waals surface area (Å²) in [4.78, 5) is 66.3. The number of aromatic nitrogens is 1. The molecule has 3 N–H and O–H groups in total. The van der Waals surface area contributed by atoms with Gasteiger partial charge in [-0.2, -0.15) is 0 Å². The van der Waals surface area contributed by atoms with E-state index in [1.807, 2.05) is 74.3 Å². The number of H-pyrrole nitrogens is 1. The highest BCUT2D eigenvalue weighted by atomic mass is 16.6. The molecule has 0 radical (unpaired) electrons. The largest absolute Gasteiger partial charge is 0.496 e. The smallest absolute Gasteiger partial charge is 0.344 e. The number of para-hydroxylation sites is 1. The van der Waals surface area contributed by atoms with E-state index in [0.717, 1.165) is 22.0 Å². The van der Waals surface area contributed by atoms with E-state index in [-0.39, 0.29) is 37.1 Å². The SMILES string of the molecule is CC[C@]1(O)C[C@@H]2CN(CCc3c([nH]c4ccccc34)[C@@](C(=O)OC)(c3cc4c(cc3OC)N(C)[C@H]3[C@@](O)(C(=O)OC)[C@H](OC(C)=O)[C@]5(CC)C=CCN6CC[C@]43[C@@H]65)C2)C1=O. The van der Waals surface area contributed by atoms with Crippen molar-refractivity contribution in [2.45, 2.75) is 99.5 Å². The highest BCUT2D eigenvalue weighted by molar-refractivity contribution is 5.95. The fraction of sp³-hybridized carbons (Fsp3) is 0.565. The van der Waals surface area contributed by atoms with Gasteiger partial charge in [0.15, 0.2) is 6.10 Å². The number of aliphatic hydroxyl groups is 2. The maximum atomic E-state index is 15.3. The second kappa shape index (κ2) is 13.8. The second-order valence-corrected chi connectivity index (χ2v) is 18.0. The molecule has 1 aromatic heterocycles. The number of carbonyl (C=O) groups is 4. The molecule has 1 aliphatic carbocycles. The van der Waals surface area contributed by atoms with Gasteiger partial charge in [0.25, 0.3) is 5.91 Å². The van der Waals surface area contributed by atoms with Gasteiger partial charge in [0.05, 0.1) is 27.4 Å². The van der Waals surface area contributed by atoms with Crippen LogP contribution in [0.25, 0.3) is 10.9 Å². The average molecular weight is 825 g/mol. The van der Waals surface area contributed by atoms with Crippen LogP contribution in [0.2, 0.25) is 0 Å². The highest BCUT2D eigenvalue weighted by Gasteiger charge is 2.80. The fourth-order valence-electron chi connectivity index (χ4n) is 13.4. The molecule has 320 valence electrons. The molecule has 14 heteroatoms. The fourth-order valence-corrected chi connectivity index (χ4v) is 13.4. The van der Waals surface area contributed by atoms with Crippen LogP contribution in [-0.4, -0.2) is 133 Å². The van der Waals surface area contributed by atoms with Gasteiger partial charge in [0.1, 0.15) is 16.8 Å². The van der Waals surface area contributed by atoms with E-state index < -0.39 is 57.5 Å². The zero-order valence-electron chi connectivity index (χ0n) is 35.5. The summed E-state index contributed by atoms with van der Waals surface area (Å²) in [6.07, 6.45) is 4.68. The van der Waals surface area contributed by atoms with Crippen molar-refractivity contribution in [3.05, 3.63) is 70.9 Å². The third-order valence-corrected chi connectivity index (χ3v) is 15.6. The molecular weight excluding hydrogens is 769 g/mol. The Morgan fingerprint density at radius 1 is 0.950 bits per heavy atom. The molecule has 9 rings (SSSR count). The number of hydrogen-bond acceptors (Lipinski definition) is 12. The Balaban J connectivity index is 1.37. The highest BCUT2D eigenvalue weighted by Crippen LogP contribution is 2.68. The quantitative estimate of drug-likeness (QED) is 0.180. The van der Waals surface area contributed by atoms with Crippen molar-refractivity contribution in [1.29, 1.82) is 0 Å². The van der Waals surface area contributed by atoms with Crippen molar-refractivity contribution in [3.8, 4) is 5.75 Å². The summed E-state index contributed by atoms with van der Waals surface area (Å²) >= 11 is 0. The number of ether oxygens (including phenoxy) is 4. The van der Waals surface area contributed by atoms with Crippen LogP contribution in [0.3, 0.4) is 0 Å². The molecule has 1 amide bonds. The monoisotopic (exact) mass is 824 g/mol.